The van der Waals surface area contributed by atoms with Crippen LogP contribution >= 0.6 is 24.0 Å². The molecule has 1 aromatic rings. The van der Waals surface area contributed by atoms with Gasteiger partial charge in [0, 0.05) is 11.1 Å². The third-order valence-corrected chi connectivity index (χ3v) is 2.03. The van der Waals surface area contributed by atoms with Crippen LogP contribution in [0.4, 0.5) is 0 Å². The summed E-state index contributed by atoms with van der Waals surface area (Å²) >= 11 is 5.73. The molecule has 4 heteroatoms. The van der Waals surface area contributed by atoms with Gasteiger partial charge in [0.25, 0.3) is 0 Å². The maximum Gasteiger partial charge on any atom is 0.0406 e. The molecule has 0 bridgehead atoms. The van der Waals surface area contributed by atoms with Crippen molar-refractivity contribution in [3.8, 4) is 0 Å². The van der Waals surface area contributed by atoms with Crippen LogP contribution in [-0.4, -0.2) is 6.54 Å². The summed E-state index contributed by atoms with van der Waals surface area (Å²) < 4.78 is 0. The van der Waals surface area contributed by atoms with E-state index in [1.165, 1.54) is 0 Å². The van der Waals surface area contributed by atoms with Gasteiger partial charge in [0.15, 0.2) is 0 Å². The van der Waals surface area contributed by atoms with Gasteiger partial charge in [-0.05, 0) is 30.7 Å². The molecule has 1 aromatic carbocycles. The number of benzene rings is 1. The summed E-state index contributed by atoms with van der Waals surface area (Å²) in [4.78, 5) is 0. The Morgan fingerprint density at radius 2 is 1.77 bits per heavy atom. The Balaban J connectivity index is 0.00000144. The lowest BCUT2D eigenvalue weighted by atomic mass is 10.1. The van der Waals surface area contributed by atoms with Gasteiger partial charge in [-0.25, -0.2) is 0 Å². The first-order valence-corrected chi connectivity index (χ1v) is 4.33. The molecule has 0 aliphatic rings. The fourth-order valence-electron chi connectivity index (χ4n) is 1.06. The largest absolute Gasteiger partial charge is 0.330 e. The molecule has 2 nitrogen and oxygen atoms in total. The van der Waals surface area contributed by atoms with Crippen LogP contribution in [0.2, 0.25) is 5.02 Å². The Labute approximate surface area is 89.7 Å². The highest BCUT2D eigenvalue weighted by atomic mass is 35.5. The van der Waals surface area contributed by atoms with Gasteiger partial charge in [-0.3, -0.25) is 0 Å². The average molecular weight is 221 g/mol. The number of rotatable bonds is 3. The first kappa shape index (κ1) is 12.7. The molecule has 4 N–H and O–H groups in total. The van der Waals surface area contributed by atoms with E-state index in [1.807, 2.05) is 24.3 Å². The van der Waals surface area contributed by atoms with E-state index in [-0.39, 0.29) is 18.4 Å². The molecule has 0 amide bonds. The molecule has 0 saturated heterocycles. The van der Waals surface area contributed by atoms with E-state index in [9.17, 15) is 0 Å². The van der Waals surface area contributed by atoms with Crippen molar-refractivity contribution in [1.82, 2.24) is 0 Å². The molecule has 1 atom stereocenters. The van der Waals surface area contributed by atoms with Gasteiger partial charge in [-0.15, -0.1) is 12.4 Å². The van der Waals surface area contributed by atoms with Crippen molar-refractivity contribution in [3.63, 3.8) is 0 Å². The third kappa shape index (κ3) is 3.96. The Morgan fingerprint density at radius 3 is 2.23 bits per heavy atom. The zero-order valence-electron chi connectivity index (χ0n) is 7.24. The molecule has 0 unspecified atom stereocenters. The molecule has 0 spiro atoms. The molecule has 0 aromatic heterocycles. The number of halogens is 2. The quantitative estimate of drug-likeness (QED) is 0.821. The highest BCUT2D eigenvalue weighted by molar-refractivity contribution is 6.30. The van der Waals surface area contributed by atoms with Gasteiger partial charge in [0.05, 0.1) is 0 Å². The van der Waals surface area contributed by atoms with Crippen LogP contribution in [0, 0.1) is 0 Å². The molecular formula is C9H14Cl2N2. The standard InChI is InChI=1S/C9H13ClN2.ClH/c10-8-3-1-7(2-4-8)9(12)5-6-11;/h1-4,9H,5-6,11-12H2;1H/t9-;/m0./s1. The molecule has 0 fully saturated rings. The minimum atomic E-state index is 0. The van der Waals surface area contributed by atoms with Crippen molar-refractivity contribution in [2.45, 2.75) is 12.5 Å². The Bertz CT molecular complexity index is 236. The molecule has 1 rings (SSSR count). The van der Waals surface area contributed by atoms with Gasteiger partial charge < -0.3 is 11.5 Å². The van der Waals surface area contributed by atoms with Crippen molar-refractivity contribution in [1.29, 1.82) is 0 Å². The Kier molecular flexibility index (Phi) is 6.08. The molecule has 74 valence electrons. The molecule has 0 radical (unpaired) electrons. The van der Waals surface area contributed by atoms with Crippen molar-refractivity contribution < 1.29 is 0 Å². The van der Waals surface area contributed by atoms with Crippen molar-refractivity contribution in [3.05, 3.63) is 34.9 Å². The van der Waals surface area contributed by atoms with Gasteiger partial charge in [0.1, 0.15) is 0 Å². The second-order valence-electron chi connectivity index (χ2n) is 2.74. The fraction of sp³-hybridized carbons (Fsp3) is 0.333. The highest BCUT2D eigenvalue weighted by Crippen LogP contribution is 2.16. The second kappa shape index (κ2) is 6.22. The van der Waals surface area contributed by atoms with E-state index >= 15 is 0 Å². The lowest BCUT2D eigenvalue weighted by Gasteiger charge is -2.09. The van der Waals surface area contributed by atoms with Crippen LogP contribution in [0.1, 0.15) is 18.0 Å². The van der Waals surface area contributed by atoms with Crippen molar-refractivity contribution in [2.24, 2.45) is 11.5 Å². The minimum Gasteiger partial charge on any atom is -0.330 e. The van der Waals surface area contributed by atoms with Crippen LogP contribution in [0.25, 0.3) is 0 Å². The molecule has 0 aliphatic carbocycles. The first-order chi connectivity index (χ1) is 5.74. The lowest BCUT2D eigenvalue weighted by molar-refractivity contribution is 0.661. The molecule has 0 saturated carbocycles. The Hall–Kier alpha value is -0.280. The van der Waals surface area contributed by atoms with E-state index in [2.05, 4.69) is 0 Å². The summed E-state index contributed by atoms with van der Waals surface area (Å²) in [6.07, 6.45) is 0.807. The second-order valence-corrected chi connectivity index (χ2v) is 3.17. The molecule has 0 aliphatic heterocycles. The maximum atomic E-state index is 5.83. The van der Waals surface area contributed by atoms with E-state index in [4.69, 9.17) is 23.1 Å². The zero-order chi connectivity index (χ0) is 8.97. The van der Waals surface area contributed by atoms with Crippen molar-refractivity contribution >= 4 is 24.0 Å². The molecule has 0 heterocycles. The number of hydrogen-bond donors (Lipinski definition) is 2. The summed E-state index contributed by atoms with van der Waals surface area (Å²) in [6, 6.07) is 7.58. The lowest BCUT2D eigenvalue weighted by Crippen LogP contribution is -2.14. The summed E-state index contributed by atoms with van der Waals surface area (Å²) in [5.74, 6) is 0. The van der Waals surface area contributed by atoms with Crippen LogP contribution in [0.15, 0.2) is 24.3 Å². The summed E-state index contributed by atoms with van der Waals surface area (Å²) in [5, 5.41) is 0.735. The Morgan fingerprint density at radius 1 is 1.23 bits per heavy atom. The maximum absolute atomic E-state index is 5.83. The fourth-order valence-corrected chi connectivity index (χ4v) is 1.18. The highest BCUT2D eigenvalue weighted by Gasteiger charge is 2.03. The summed E-state index contributed by atoms with van der Waals surface area (Å²) in [6.45, 7) is 0.615. The van der Waals surface area contributed by atoms with E-state index < -0.39 is 0 Å². The van der Waals surface area contributed by atoms with Crippen LogP contribution in [-0.2, 0) is 0 Å². The average Bonchev–Trinajstić information content (AvgIpc) is 2.06. The smallest absolute Gasteiger partial charge is 0.0406 e. The van der Waals surface area contributed by atoms with Gasteiger partial charge in [-0.1, -0.05) is 23.7 Å². The molecular weight excluding hydrogens is 207 g/mol. The topological polar surface area (TPSA) is 52.0 Å². The van der Waals surface area contributed by atoms with Gasteiger partial charge >= 0.3 is 0 Å². The van der Waals surface area contributed by atoms with E-state index in [0.717, 1.165) is 17.0 Å². The third-order valence-electron chi connectivity index (χ3n) is 1.78. The van der Waals surface area contributed by atoms with E-state index in [0.29, 0.717) is 6.54 Å². The normalized spacial score (nSPS) is 11.9. The zero-order valence-corrected chi connectivity index (χ0v) is 8.81. The monoisotopic (exact) mass is 220 g/mol. The van der Waals surface area contributed by atoms with Gasteiger partial charge in [0.2, 0.25) is 0 Å². The van der Waals surface area contributed by atoms with E-state index in [1.54, 1.807) is 0 Å². The van der Waals surface area contributed by atoms with Crippen molar-refractivity contribution in [2.75, 3.05) is 6.54 Å². The summed E-state index contributed by atoms with van der Waals surface area (Å²) in [5.41, 5.74) is 12.3. The number of hydrogen-bond acceptors (Lipinski definition) is 2. The van der Waals surface area contributed by atoms with Crippen LogP contribution < -0.4 is 11.5 Å². The first-order valence-electron chi connectivity index (χ1n) is 3.95. The molecule has 13 heavy (non-hydrogen) atoms. The predicted molar refractivity (Wildman–Crippen MR) is 59.3 cm³/mol. The SMILES string of the molecule is Cl.NCC[C@H](N)c1ccc(Cl)cc1. The minimum absolute atomic E-state index is 0. The predicted octanol–water partition coefficient (Wildman–Crippen LogP) is 2.11. The van der Waals surface area contributed by atoms with Crippen LogP contribution in [0.5, 0.6) is 0 Å². The summed E-state index contributed by atoms with van der Waals surface area (Å²) in [7, 11) is 0. The van der Waals surface area contributed by atoms with Crippen LogP contribution in [0.3, 0.4) is 0 Å². The van der Waals surface area contributed by atoms with Gasteiger partial charge in [-0.2, -0.15) is 0 Å². The number of nitrogens with two attached hydrogens (primary N) is 2.